The van der Waals surface area contributed by atoms with E-state index in [4.69, 9.17) is 15.0 Å². The number of benzene rings is 1. The molecule has 1 saturated heterocycles. The molecule has 0 aliphatic carbocycles. The quantitative estimate of drug-likeness (QED) is 0.488. The highest BCUT2D eigenvalue weighted by Crippen LogP contribution is 2.30. The lowest BCUT2D eigenvalue weighted by atomic mass is 9.99. The largest absolute Gasteiger partial charge is 0.344 e. The average molecular weight is 302 g/mol. The van der Waals surface area contributed by atoms with Crippen molar-refractivity contribution < 1.29 is 9.47 Å². The van der Waals surface area contributed by atoms with Gasteiger partial charge in [-0.2, -0.15) is 0 Å². The molecular weight excluding hydrogens is 280 g/mol. The van der Waals surface area contributed by atoms with Crippen molar-refractivity contribution in [3.8, 4) is 0 Å². The standard InChI is InChI=1S/C16H22N4O2/c1-16(2)21-14(9-18-19-17)15(22-16)11-20-8-7-12-5-3-4-6-13(12)10-20/h3-6,14-15H,7-11H2,1-2H3/t14?,15-/m1/s1. The van der Waals surface area contributed by atoms with Gasteiger partial charge in [-0.15, -0.1) is 0 Å². The van der Waals surface area contributed by atoms with Crippen LogP contribution < -0.4 is 0 Å². The van der Waals surface area contributed by atoms with E-state index in [9.17, 15) is 0 Å². The minimum absolute atomic E-state index is 0.0641. The summed E-state index contributed by atoms with van der Waals surface area (Å²) in [7, 11) is 0. The predicted octanol–water partition coefficient (Wildman–Crippen LogP) is 2.88. The molecule has 1 unspecified atom stereocenters. The van der Waals surface area contributed by atoms with Crippen LogP contribution in [0.3, 0.4) is 0 Å². The molecule has 0 amide bonds. The molecule has 2 heterocycles. The highest BCUT2D eigenvalue weighted by molar-refractivity contribution is 5.29. The lowest BCUT2D eigenvalue weighted by molar-refractivity contribution is -0.147. The van der Waals surface area contributed by atoms with Gasteiger partial charge in [0.2, 0.25) is 0 Å². The van der Waals surface area contributed by atoms with Crippen LogP contribution in [0.4, 0.5) is 0 Å². The van der Waals surface area contributed by atoms with Crippen LogP contribution in [-0.4, -0.2) is 42.5 Å². The van der Waals surface area contributed by atoms with Crippen LogP contribution in [0.25, 0.3) is 10.4 Å². The number of nitrogens with zero attached hydrogens (tertiary/aromatic N) is 4. The monoisotopic (exact) mass is 302 g/mol. The zero-order valence-corrected chi connectivity index (χ0v) is 13.1. The zero-order chi connectivity index (χ0) is 15.6. The molecule has 0 bridgehead atoms. The molecule has 22 heavy (non-hydrogen) atoms. The molecule has 6 nitrogen and oxygen atoms in total. The number of hydrogen-bond donors (Lipinski definition) is 0. The Morgan fingerprint density at radius 2 is 2.00 bits per heavy atom. The van der Waals surface area contributed by atoms with Crippen LogP contribution >= 0.6 is 0 Å². The molecule has 0 saturated carbocycles. The molecule has 2 aliphatic heterocycles. The molecule has 1 aromatic rings. The van der Waals surface area contributed by atoms with Gasteiger partial charge in [0.25, 0.3) is 0 Å². The summed E-state index contributed by atoms with van der Waals surface area (Å²) >= 11 is 0. The van der Waals surface area contributed by atoms with E-state index in [0.717, 1.165) is 26.1 Å². The molecule has 3 rings (SSSR count). The van der Waals surface area contributed by atoms with Crippen molar-refractivity contribution in [2.75, 3.05) is 19.6 Å². The van der Waals surface area contributed by atoms with Crippen LogP contribution in [0.15, 0.2) is 29.4 Å². The lowest BCUT2D eigenvalue weighted by Gasteiger charge is -2.31. The van der Waals surface area contributed by atoms with Crippen molar-refractivity contribution in [3.63, 3.8) is 0 Å². The first-order valence-electron chi connectivity index (χ1n) is 7.73. The fourth-order valence-electron chi connectivity index (χ4n) is 3.30. The summed E-state index contributed by atoms with van der Waals surface area (Å²) in [4.78, 5) is 5.22. The Bertz CT molecular complexity index is 583. The predicted molar refractivity (Wildman–Crippen MR) is 83.3 cm³/mol. The molecule has 118 valence electrons. The summed E-state index contributed by atoms with van der Waals surface area (Å²) in [5, 5.41) is 3.66. The van der Waals surface area contributed by atoms with Gasteiger partial charge in [-0.25, -0.2) is 0 Å². The van der Waals surface area contributed by atoms with E-state index >= 15 is 0 Å². The molecule has 1 aromatic carbocycles. The SMILES string of the molecule is CC1(C)OC(CN=[N+]=[N-])[C@@H](CN2CCc3ccccc3C2)O1. The Labute approximate surface area is 130 Å². The van der Waals surface area contributed by atoms with Crippen LogP contribution in [0.2, 0.25) is 0 Å². The van der Waals surface area contributed by atoms with Crippen LogP contribution in [0.5, 0.6) is 0 Å². The van der Waals surface area contributed by atoms with Crippen molar-refractivity contribution in [1.82, 2.24) is 4.90 Å². The fraction of sp³-hybridized carbons (Fsp3) is 0.625. The minimum Gasteiger partial charge on any atom is -0.344 e. The number of ether oxygens (including phenoxy) is 2. The van der Waals surface area contributed by atoms with Gasteiger partial charge in [-0.3, -0.25) is 4.90 Å². The molecular formula is C16H22N4O2. The van der Waals surface area contributed by atoms with Gasteiger partial charge >= 0.3 is 0 Å². The van der Waals surface area contributed by atoms with E-state index in [2.05, 4.69) is 39.2 Å². The molecule has 2 atom stereocenters. The van der Waals surface area contributed by atoms with E-state index in [0.29, 0.717) is 6.54 Å². The summed E-state index contributed by atoms with van der Waals surface area (Å²) in [6.07, 6.45) is 0.822. The smallest absolute Gasteiger partial charge is 0.163 e. The summed E-state index contributed by atoms with van der Waals surface area (Å²) in [6, 6.07) is 8.58. The summed E-state index contributed by atoms with van der Waals surface area (Å²) < 4.78 is 11.9. The van der Waals surface area contributed by atoms with Crippen molar-refractivity contribution in [1.29, 1.82) is 0 Å². The Morgan fingerprint density at radius 1 is 1.27 bits per heavy atom. The van der Waals surface area contributed by atoms with Gasteiger partial charge in [0.15, 0.2) is 5.79 Å². The molecule has 1 fully saturated rings. The van der Waals surface area contributed by atoms with Gasteiger partial charge in [-0.1, -0.05) is 29.4 Å². The number of rotatable bonds is 4. The third-order valence-corrected chi connectivity index (χ3v) is 4.26. The van der Waals surface area contributed by atoms with Crippen molar-refractivity contribution >= 4 is 0 Å². The molecule has 0 aromatic heterocycles. The third-order valence-electron chi connectivity index (χ3n) is 4.26. The van der Waals surface area contributed by atoms with Crippen LogP contribution in [0, 0.1) is 0 Å². The van der Waals surface area contributed by atoms with Gasteiger partial charge in [0, 0.05) is 24.5 Å². The van der Waals surface area contributed by atoms with E-state index in [1.807, 2.05) is 13.8 Å². The molecule has 2 aliphatic rings. The lowest BCUT2D eigenvalue weighted by Crippen LogP contribution is -2.41. The normalized spacial score (nSPS) is 27.2. The highest BCUT2D eigenvalue weighted by Gasteiger charge is 2.41. The minimum atomic E-state index is -0.617. The van der Waals surface area contributed by atoms with Crippen LogP contribution in [0.1, 0.15) is 25.0 Å². The maximum absolute atomic E-state index is 8.53. The van der Waals surface area contributed by atoms with Crippen molar-refractivity contribution in [3.05, 3.63) is 45.8 Å². The summed E-state index contributed by atoms with van der Waals surface area (Å²) in [5.41, 5.74) is 11.4. The second kappa shape index (κ2) is 6.26. The second-order valence-corrected chi connectivity index (χ2v) is 6.38. The van der Waals surface area contributed by atoms with E-state index in [1.54, 1.807) is 0 Å². The molecule has 6 heteroatoms. The topological polar surface area (TPSA) is 70.5 Å². The van der Waals surface area contributed by atoms with E-state index in [-0.39, 0.29) is 12.2 Å². The van der Waals surface area contributed by atoms with Crippen molar-refractivity contribution in [2.45, 2.75) is 44.8 Å². The van der Waals surface area contributed by atoms with E-state index < -0.39 is 5.79 Å². The van der Waals surface area contributed by atoms with Gasteiger partial charge < -0.3 is 9.47 Å². The first-order chi connectivity index (χ1) is 10.6. The second-order valence-electron chi connectivity index (χ2n) is 6.38. The maximum atomic E-state index is 8.53. The fourth-order valence-corrected chi connectivity index (χ4v) is 3.30. The van der Waals surface area contributed by atoms with Gasteiger partial charge in [0.1, 0.15) is 0 Å². The average Bonchev–Trinajstić information content (AvgIpc) is 2.79. The maximum Gasteiger partial charge on any atom is 0.163 e. The Hall–Kier alpha value is -1.59. The first-order valence-corrected chi connectivity index (χ1v) is 7.73. The van der Waals surface area contributed by atoms with E-state index in [1.165, 1.54) is 11.1 Å². The van der Waals surface area contributed by atoms with Crippen molar-refractivity contribution in [2.24, 2.45) is 5.11 Å². The highest BCUT2D eigenvalue weighted by atomic mass is 16.8. The number of hydrogen-bond acceptors (Lipinski definition) is 4. The Kier molecular flexibility index (Phi) is 4.36. The third kappa shape index (κ3) is 3.42. The molecule has 0 spiro atoms. The molecule has 0 radical (unpaired) electrons. The Balaban J connectivity index is 1.66. The first kappa shape index (κ1) is 15.3. The number of azide groups is 1. The Morgan fingerprint density at radius 3 is 2.77 bits per heavy atom. The number of fused-ring (bicyclic) bond motifs is 1. The molecule has 0 N–H and O–H groups in total. The summed E-state index contributed by atoms with van der Waals surface area (Å²) in [5.74, 6) is -0.617. The zero-order valence-electron chi connectivity index (χ0n) is 13.1. The van der Waals surface area contributed by atoms with Crippen LogP contribution in [-0.2, 0) is 22.4 Å². The summed E-state index contributed by atoms with van der Waals surface area (Å²) in [6.45, 7) is 6.87. The van der Waals surface area contributed by atoms with Gasteiger partial charge in [-0.05, 0) is 36.9 Å². The van der Waals surface area contributed by atoms with Gasteiger partial charge in [0.05, 0.1) is 18.8 Å².